The summed E-state index contributed by atoms with van der Waals surface area (Å²) in [7, 11) is 0.344. The highest BCUT2D eigenvalue weighted by Crippen LogP contribution is 2.36. The Kier molecular flexibility index (Phi) is 5.83. The Morgan fingerprint density at radius 3 is 2.66 bits per heavy atom. The van der Waals surface area contributed by atoms with Crippen LogP contribution < -0.4 is 4.90 Å². The normalized spacial score (nSPS) is 12.2. The zero-order chi connectivity index (χ0) is 21.2. The van der Waals surface area contributed by atoms with E-state index in [1.807, 2.05) is 18.2 Å². The number of hydrogen-bond donors (Lipinski definition) is 0. The van der Waals surface area contributed by atoms with Gasteiger partial charge in [-0.3, -0.25) is 4.98 Å². The molecule has 0 aliphatic rings. The van der Waals surface area contributed by atoms with Crippen LogP contribution in [0.5, 0.6) is 0 Å². The van der Waals surface area contributed by atoms with Gasteiger partial charge in [0.1, 0.15) is 17.4 Å². The fourth-order valence-electron chi connectivity index (χ4n) is 2.88. The van der Waals surface area contributed by atoms with Crippen LogP contribution in [-0.4, -0.2) is 33.5 Å². The van der Waals surface area contributed by atoms with Gasteiger partial charge in [-0.25, -0.2) is 0 Å². The Balaban J connectivity index is 1.75. The maximum atomic E-state index is 9.31. The van der Waals surface area contributed by atoms with E-state index in [1.165, 1.54) is 0 Å². The van der Waals surface area contributed by atoms with Crippen molar-refractivity contribution in [3.05, 3.63) is 48.3 Å². The summed E-state index contributed by atoms with van der Waals surface area (Å²) in [4.78, 5) is 6.21. The van der Waals surface area contributed by atoms with Gasteiger partial charge in [0.25, 0.3) is 0 Å². The lowest BCUT2D eigenvalue weighted by Gasteiger charge is -2.36. The lowest BCUT2D eigenvalue weighted by Crippen LogP contribution is -2.42. The van der Waals surface area contributed by atoms with Gasteiger partial charge in [0, 0.05) is 42.6 Å². The van der Waals surface area contributed by atoms with Crippen LogP contribution in [0.4, 0.5) is 5.69 Å². The molecule has 152 valence electrons. The van der Waals surface area contributed by atoms with Crippen LogP contribution in [0.2, 0.25) is 18.1 Å². The first-order chi connectivity index (χ1) is 13.6. The van der Waals surface area contributed by atoms with Crippen molar-refractivity contribution in [1.82, 2.24) is 4.98 Å². The quantitative estimate of drug-likeness (QED) is 0.481. The molecule has 0 saturated heterocycles. The molecule has 0 fully saturated rings. The zero-order valence-electron chi connectivity index (χ0n) is 18.1. The first-order valence-corrected chi connectivity index (χ1v) is 12.8. The maximum Gasteiger partial charge on any atom is 0.192 e. The summed E-state index contributed by atoms with van der Waals surface area (Å²) in [5.41, 5.74) is 3.18. The summed E-state index contributed by atoms with van der Waals surface area (Å²) >= 11 is 0. The van der Waals surface area contributed by atoms with Gasteiger partial charge in [-0.05, 0) is 48.5 Å². The molecule has 0 aliphatic carbocycles. The van der Waals surface area contributed by atoms with E-state index in [4.69, 9.17) is 8.84 Å². The van der Waals surface area contributed by atoms with Crippen molar-refractivity contribution in [2.45, 2.75) is 38.9 Å². The minimum absolute atomic E-state index is 0.215. The topological polar surface area (TPSA) is 62.3 Å². The summed E-state index contributed by atoms with van der Waals surface area (Å²) in [5, 5.41) is 10.5. The second-order valence-corrected chi connectivity index (χ2v) is 13.7. The van der Waals surface area contributed by atoms with Crippen molar-refractivity contribution in [2.75, 3.05) is 25.1 Å². The molecule has 6 heteroatoms. The highest BCUT2D eigenvalue weighted by molar-refractivity contribution is 6.74. The molecule has 5 nitrogen and oxygen atoms in total. The summed E-state index contributed by atoms with van der Waals surface area (Å²) < 4.78 is 12.3. The van der Waals surface area contributed by atoms with Crippen LogP contribution >= 0.6 is 0 Å². The number of nitriles is 1. The third-order valence-electron chi connectivity index (χ3n) is 5.84. The van der Waals surface area contributed by atoms with Gasteiger partial charge in [0.2, 0.25) is 0 Å². The summed E-state index contributed by atoms with van der Waals surface area (Å²) in [5.74, 6) is 0.681. The molecule has 0 bridgehead atoms. The van der Waals surface area contributed by atoms with Crippen molar-refractivity contribution in [3.63, 3.8) is 0 Å². The SMILES string of the molecule is CN(CCO[Si](C)(C)C(C)(C)C)c1ccc2oc(-c3ccncc3C#N)cc2c1. The van der Waals surface area contributed by atoms with Crippen LogP contribution in [-0.2, 0) is 4.43 Å². The third kappa shape index (κ3) is 4.52. The van der Waals surface area contributed by atoms with Crippen molar-refractivity contribution >= 4 is 25.0 Å². The van der Waals surface area contributed by atoms with E-state index in [2.05, 4.69) is 69.0 Å². The molecular weight excluding hydrogens is 378 g/mol. The molecule has 2 aromatic heterocycles. The number of rotatable bonds is 6. The van der Waals surface area contributed by atoms with E-state index in [1.54, 1.807) is 12.4 Å². The lowest BCUT2D eigenvalue weighted by molar-refractivity contribution is 0.296. The fraction of sp³-hybridized carbons (Fsp3) is 0.391. The predicted octanol–water partition coefficient (Wildman–Crippen LogP) is 5.82. The highest BCUT2D eigenvalue weighted by atomic mass is 28.4. The van der Waals surface area contributed by atoms with Gasteiger partial charge in [-0.1, -0.05) is 20.8 Å². The molecule has 0 N–H and O–H groups in total. The van der Waals surface area contributed by atoms with Crippen molar-refractivity contribution in [3.8, 4) is 17.4 Å². The van der Waals surface area contributed by atoms with E-state index in [9.17, 15) is 5.26 Å². The Morgan fingerprint density at radius 1 is 1.21 bits per heavy atom. The molecule has 0 atom stereocenters. The standard InChI is InChI=1S/C23H29N3O2Si/c1-23(2,3)29(5,6)27-12-11-26(4)19-7-8-21-17(13-19)14-22(28-21)20-9-10-25-16-18(20)15-24/h7-10,13-14,16H,11-12H2,1-6H3. The fourth-order valence-corrected chi connectivity index (χ4v) is 3.92. The Bertz CT molecular complexity index is 1040. The zero-order valence-corrected chi connectivity index (χ0v) is 19.1. The van der Waals surface area contributed by atoms with Gasteiger partial charge in [0.15, 0.2) is 8.32 Å². The molecule has 0 radical (unpaired) electrons. The minimum atomic E-state index is -1.73. The lowest BCUT2D eigenvalue weighted by atomic mass is 10.1. The molecule has 2 heterocycles. The van der Waals surface area contributed by atoms with Gasteiger partial charge in [-0.2, -0.15) is 5.26 Å². The number of likely N-dealkylation sites (N-methyl/N-ethyl adjacent to an activating group) is 1. The summed E-state index contributed by atoms with van der Waals surface area (Å²) in [6.07, 6.45) is 3.23. The van der Waals surface area contributed by atoms with Gasteiger partial charge < -0.3 is 13.7 Å². The number of anilines is 1. The number of hydrogen-bond acceptors (Lipinski definition) is 5. The van der Waals surface area contributed by atoms with Crippen LogP contribution in [0.25, 0.3) is 22.3 Å². The number of nitrogens with zero attached hydrogens (tertiary/aromatic N) is 3. The van der Waals surface area contributed by atoms with Gasteiger partial charge in [0.05, 0.1) is 12.2 Å². The molecule has 0 spiro atoms. The smallest absolute Gasteiger partial charge is 0.192 e. The van der Waals surface area contributed by atoms with Crippen molar-refractivity contribution < 1.29 is 8.84 Å². The highest BCUT2D eigenvalue weighted by Gasteiger charge is 2.36. The predicted molar refractivity (Wildman–Crippen MR) is 121 cm³/mol. The number of pyridine rings is 1. The molecule has 0 amide bonds. The average Bonchev–Trinajstić information content (AvgIpc) is 3.09. The second kappa shape index (κ2) is 8.01. The van der Waals surface area contributed by atoms with Crippen molar-refractivity contribution in [1.29, 1.82) is 5.26 Å². The average molecular weight is 408 g/mol. The summed E-state index contributed by atoms with van der Waals surface area (Å²) in [6, 6.07) is 12.1. The van der Waals surface area contributed by atoms with E-state index >= 15 is 0 Å². The van der Waals surface area contributed by atoms with Crippen LogP contribution in [0.3, 0.4) is 0 Å². The minimum Gasteiger partial charge on any atom is -0.456 e. The molecule has 0 saturated carbocycles. The molecule has 29 heavy (non-hydrogen) atoms. The Labute approximate surface area is 174 Å². The molecule has 1 aromatic carbocycles. The third-order valence-corrected chi connectivity index (χ3v) is 10.4. The van der Waals surface area contributed by atoms with Crippen LogP contribution in [0.1, 0.15) is 26.3 Å². The van der Waals surface area contributed by atoms with Gasteiger partial charge in [-0.15, -0.1) is 0 Å². The Hall–Kier alpha value is -2.62. The first-order valence-electron chi connectivity index (χ1n) is 9.85. The number of fused-ring (bicyclic) bond motifs is 1. The first kappa shape index (κ1) is 21.1. The second-order valence-electron chi connectivity index (χ2n) is 8.90. The molecule has 0 aliphatic heterocycles. The number of furan rings is 1. The van der Waals surface area contributed by atoms with Crippen LogP contribution in [0.15, 0.2) is 47.1 Å². The maximum absolute atomic E-state index is 9.31. The Morgan fingerprint density at radius 2 is 1.97 bits per heavy atom. The van der Waals surface area contributed by atoms with E-state index < -0.39 is 8.32 Å². The van der Waals surface area contributed by atoms with E-state index in [0.717, 1.165) is 28.8 Å². The molecular formula is C23H29N3O2Si. The van der Waals surface area contributed by atoms with Crippen LogP contribution in [0, 0.1) is 11.3 Å². The van der Waals surface area contributed by atoms with Crippen molar-refractivity contribution in [2.24, 2.45) is 0 Å². The molecule has 3 aromatic rings. The monoisotopic (exact) mass is 407 g/mol. The largest absolute Gasteiger partial charge is 0.456 e. The van der Waals surface area contributed by atoms with Gasteiger partial charge >= 0.3 is 0 Å². The van der Waals surface area contributed by atoms with E-state index in [0.29, 0.717) is 17.9 Å². The molecule has 0 unspecified atom stereocenters. The van der Waals surface area contributed by atoms with E-state index in [-0.39, 0.29) is 5.04 Å². The number of benzene rings is 1. The number of aromatic nitrogens is 1. The summed E-state index contributed by atoms with van der Waals surface area (Å²) in [6.45, 7) is 12.9. The molecule has 3 rings (SSSR count).